The van der Waals surface area contributed by atoms with Gasteiger partial charge in [0, 0.05) is 14.5 Å². The molecule has 128 valence electrons. The molecule has 1 unspecified atom stereocenters. The molecule has 2 heteroatoms. The molecule has 1 spiro atoms. The largest absolute Gasteiger partial charge is 0.0713 e. The van der Waals surface area contributed by atoms with Crippen LogP contribution in [0.3, 0.4) is 0 Å². The lowest BCUT2D eigenvalue weighted by Crippen LogP contribution is -2.27. The Morgan fingerprint density at radius 1 is 0.704 bits per heavy atom. The fourth-order valence-corrected chi connectivity index (χ4v) is 6.54. The molecule has 0 heterocycles. The maximum absolute atomic E-state index is 3.95. The van der Waals surface area contributed by atoms with Gasteiger partial charge in [-0.25, -0.2) is 0 Å². The van der Waals surface area contributed by atoms with E-state index in [1.807, 2.05) is 0 Å². The highest BCUT2D eigenvalue weighted by Crippen LogP contribution is 2.64. The summed E-state index contributed by atoms with van der Waals surface area (Å²) in [5.74, 6) is 0. The summed E-state index contributed by atoms with van der Waals surface area (Å²) >= 11 is 7.78. The summed E-state index contributed by atoms with van der Waals surface area (Å²) in [5.41, 5.74) is 10.2. The van der Waals surface area contributed by atoms with E-state index in [4.69, 9.17) is 0 Å². The normalized spacial score (nSPS) is 23.9. The number of hydrogen-bond donors (Lipinski definition) is 0. The summed E-state index contributed by atoms with van der Waals surface area (Å²) in [7, 11) is 0. The van der Waals surface area contributed by atoms with Gasteiger partial charge in [0.05, 0.1) is 5.41 Å². The summed E-state index contributed by atoms with van der Waals surface area (Å²) in [6, 6.07) is 17.3. The van der Waals surface area contributed by atoms with E-state index in [1.165, 1.54) is 49.0 Å². The lowest BCUT2D eigenvalue weighted by molar-refractivity contribution is 0.742. The molecule has 27 heavy (non-hydrogen) atoms. The van der Waals surface area contributed by atoms with Crippen molar-refractivity contribution in [2.75, 3.05) is 0 Å². The Morgan fingerprint density at radius 3 is 2.19 bits per heavy atom. The van der Waals surface area contributed by atoms with Gasteiger partial charge in [-0.15, -0.1) is 0 Å². The maximum Gasteiger partial charge on any atom is 0.0713 e. The molecule has 4 aliphatic rings. The van der Waals surface area contributed by atoms with E-state index in [0.29, 0.717) is 0 Å². The Labute approximate surface area is 175 Å². The van der Waals surface area contributed by atoms with Crippen molar-refractivity contribution in [1.29, 1.82) is 0 Å². The van der Waals surface area contributed by atoms with Crippen molar-refractivity contribution >= 4 is 55.2 Å². The summed E-state index contributed by atoms with van der Waals surface area (Å²) < 4.78 is 2.31. The van der Waals surface area contributed by atoms with Crippen LogP contribution in [-0.4, -0.2) is 0 Å². The number of rotatable bonds is 0. The second-order valence-corrected chi connectivity index (χ2v) is 8.96. The third kappa shape index (κ3) is 1.93. The van der Waals surface area contributed by atoms with Crippen LogP contribution in [-0.2, 0) is 0 Å². The highest BCUT2D eigenvalue weighted by Gasteiger charge is 2.48. The quantitative estimate of drug-likeness (QED) is 0.371. The highest BCUT2D eigenvalue weighted by molar-refractivity contribution is 9.12. The lowest BCUT2D eigenvalue weighted by Gasteiger charge is -2.40. The van der Waals surface area contributed by atoms with Gasteiger partial charge in [0.25, 0.3) is 0 Å². The molecule has 0 aromatic heterocycles. The van der Waals surface area contributed by atoms with Crippen LogP contribution < -0.4 is 0 Å². The topological polar surface area (TPSA) is 0 Å². The molecule has 0 radical (unpaired) electrons. The second-order valence-electron chi connectivity index (χ2n) is 7.25. The van der Waals surface area contributed by atoms with Crippen molar-refractivity contribution in [2.24, 2.45) is 5.41 Å². The molecule has 4 aliphatic carbocycles. The minimum Gasteiger partial charge on any atom is -0.0646 e. The zero-order valence-electron chi connectivity index (χ0n) is 14.3. The summed E-state index contributed by atoms with van der Waals surface area (Å²) in [5, 5.41) is 0. The summed E-state index contributed by atoms with van der Waals surface area (Å²) in [6.45, 7) is 0. The van der Waals surface area contributed by atoms with Gasteiger partial charge in [0.2, 0.25) is 0 Å². The predicted octanol–water partition coefficient (Wildman–Crippen LogP) is 7.52. The van der Waals surface area contributed by atoms with E-state index < -0.39 is 0 Å². The summed E-state index contributed by atoms with van der Waals surface area (Å²) in [6.07, 6.45) is 13.7. The third-order valence-electron chi connectivity index (χ3n) is 5.97. The van der Waals surface area contributed by atoms with Crippen LogP contribution in [0.2, 0.25) is 0 Å². The van der Waals surface area contributed by atoms with Crippen molar-refractivity contribution in [3.05, 3.63) is 115 Å². The number of hydrogen-bond acceptors (Lipinski definition) is 0. The standard InChI is InChI=1S/C25H14Br2/c26-22-14-23(27)25(21-13-16-7-2-4-9-18(16)24(21)22)11-5-10-19-17-8-3-1-6-15(17)12-20(19)25/h1-14H. The Bertz CT molecular complexity index is 1230. The molecule has 0 nitrogen and oxygen atoms in total. The molecule has 0 aliphatic heterocycles. The zero-order chi connectivity index (χ0) is 18.2. The first-order chi connectivity index (χ1) is 13.2. The minimum absolute atomic E-state index is 0.283. The van der Waals surface area contributed by atoms with Crippen LogP contribution in [0, 0.1) is 5.41 Å². The SMILES string of the molecule is BrC1=CC(Br)=C2C(=Cc3ccccc32)C12C=CC=C1C2=Cc2ccccc21. The number of benzene rings is 2. The minimum atomic E-state index is -0.283. The molecule has 0 amide bonds. The Kier molecular flexibility index (Phi) is 3.19. The molecule has 6 rings (SSSR count). The van der Waals surface area contributed by atoms with Gasteiger partial charge in [-0.05, 0) is 57.2 Å². The Hall–Kier alpha value is -2.16. The average molecular weight is 474 g/mol. The van der Waals surface area contributed by atoms with Gasteiger partial charge >= 0.3 is 0 Å². The third-order valence-corrected chi connectivity index (χ3v) is 7.45. The van der Waals surface area contributed by atoms with Crippen LogP contribution in [0.15, 0.2) is 92.9 Å². The van der Waals surface area contributed by atoms with Crippen molar-refractivity contribution in [2.45, 2.75) is 0 Å². The zero-order valence-corrected chi connectivity index (χ0v) is 17.5. The molecular formula is C25H14Br2. The van der Waals surface area contributed by atoms with Crippen molar-refractivity contribution in [3.63, 3.8) is 0 Å². The molecule has 0 fully saturated rings. The molecule has 0 bridgehead atoms. The number of halogens is 2. The van der Waals surface area contributed by atoms with E-state index in [0.717, 1.165) is 4.48 Å². The van der Waals surface area contributed by atoms with Crippen LogP contribution in [0.1, 0.15) is 22.3 Å². The first-order valence-corrected chi connectivity index (χ1v) is 10.6. The van der Waals surface area contributed by atoms with E-state index >= 15 is 0 Å². The monoisotopic (exact) mass is 472 g/mol. The Balaban J connectivity index is 1.65. The highest BCUT2D eigenvalue weighted by atomic mass is 79.9. The van der Waals surface area contributed by atoms with E-state index in [2.05, 4.69) is 117 Å². The lowest BCUT2D eigenvalue weighted by atomic mass is 9.65. The fourth-order valence-electron chi connectivity index (χ4n) is 4.79. The van der Waals surface area contributed by atoms with Gasteiger partial charge in [0.1, 0.15) is 0 Å². The van der Waals surface area contributed by atoms with Gasteiger partial charge in [-0.3, -0.25) is 0 Å². The average Bonchev–Trinajstić information content (AvgIpc) is 3.26. The number of fused-ring (bicyclic) bond motifs is 8. The van der Waals surface area contributed by atoms with E-state index in [-0.39, 0.29) is 5.41 Å². The maximum atomic E-state index is 3.95. The van der Waals surface area contributed by atoms with Crippen LogP contribution in [0.25, 0.3) is 23.3 Å². The van der Waals surface area contributed by atoms with Crippen LogP contribution >= 0.6 is 31.9 Å². The van der Waals surface area contributed by atoms with E-state index in [9.17, 15) is 0 Å². The Morgan fingerprint density at radius 2 is 1.37 bits per heavy atom. The molecule has 2 aromatic carbocycles. The molecule has 0 N–H and O–H groups in total. The first kappa shape index (κ1) is 15.9. The van der Waals surface area contributed by atoms with Crippen LogP contribution in [0.4, 0.5) is 0 Å². The smallest absolute Gasteiger partial charge is 0.0646 e. The van der Waals surface area contributed by atoms with Crippen molar-refractivity contribution in [1.82, 2.24) is 0 Å². The van der Waals surface area contributed by atoms with Gasteiger partial charge in [0.15, 0.2) is 0 Å². The predicted molar refractivity (Wildman–Crippen MR) is 121 cm³/mol. The molecule has 1 atom stereocenters. The van der Waals surface area contributed by atoms with Gasteiger partial charge in [-0.1, -0.05) is 98.6 Å². The summed E-state index contributed by atoms with van der Waals surface area (Å²) in [4.78, 5) is 0. The molecule has 0 saturated heterocycles. The first-order valence-electron chi connectivity index (χ1n) is 9.01. The number of allylic oxidation sites excluding steroid dienone is 10. The van der Waals surface area contributed by atoms with Gasteiger partial charge in [-0.2, -0.15) is 0 Å². The van der Waals surface area contributed by atoms with Gasteiger partial charge < -0.3 is 0 Å². The molecule has 0 saturated carbocycles. The molecule has 2 aromatic rings. The van der Waals surface area contributed by atoms with Crippen LogP contribution in [0.5, 0.6) is 0 Å². The second kappa shape index (κ2) is 5.43. The fraction of sp³-hybridized carbons (Fsp3) is 0.0400. The van der Waals surface area contributed by atoms with Crippen molar-refractivity contribution in [3.8, 4) is 0 Å². The molecular weight excluding hydrogens is 460 g/mol. The van der Waals surface area contributed by atoms with E-state index in [1.54, 1.807) is 0 Å². The van der Waals surface area contributed by atoms with Crippen molar-refractivity contribution < 1.29 is 0 Å².